The third kappa shape index (κ3) is 0.884. The van der Waals surface area contributed by atoms with Gasteiger partial charge in [-0.05, 0) is 12.8 Å². The fraction of sp³-hybridized carbons (Fsp3) is 0.500. The summed E-state index contributed by atoms with van der Waals surface area (Å²) in [5.74, 6) is 0. The van der Waals surface area contributed by atoms with Gasteiger partial charge >= 0.3 is 0 Å². The van der Waals surface area contributed by atoms with Gasteiger partial charge in [-0.1, -0.05) is 17.6 Å². The van der Waals surface area contributed by atoms with Crippen molar-refractivity contribution >= 4 is 33.1 Å². The maximum absolute atomic E-state index is 4.88. The first-order valence-electron chi connectivity index (χ1n) is 1.95. The van der Waals surface area contributed by atoms with E-state index in [1.807, 2.05) is 0 Å². The molecule has 0 saturated heterocycles. The summed E-state index contributed by atoms with van der Waals surface area (Å²) in [7, 11) is 0. The molecule has 34 valence electrons. The van der Waals surface area contributed by atoms with Gasteiger partial charge in [-0.3, -0.25) is 0 Å². The Morgan fingerprint density at radius 1 is 1.83 bits per heavy atom. The molecular weight excluding hydrogens is 112 g/mol. The smallest absolute Gasteiger partial charge is 0.0397 e. The van der Waals surface area contributed by atoms with Gasteiger partial charge in [-0.25, -0.2) is 0 Å². The van der Waals surface area contributed by atoms with Gasteiger partial charge < -0.3 is 0 Å². The molecule has 1 aliphatic rings. The zero-order valence-electron chi connectivity index (χ0n) is 3.35. The van der Waals surface area contributed by atoms with E-state index in [0.717, 1.165) is 6.42 Å². The van der Waals surface area contributed by atoms with Crippen molar-refractivity contribution in [3.8, 4) is 0 Å². The summed E-state index contributed by atoms with van der Waals surface area (Å²) < 4.78 is 1.20. The van der Waals surface area contributed by atoms with Crippen molar-refractivity contribution in [3.05, 3.63) is 0 Å². The van der Waals surface area contributed by atoms with Crippen LogP contribution in [0.1, 0.15) is 12.8 Å². The molecule has 0 aromatic rings. The first-order valence-corrected chi connectivity index (χ1v) is 3.32. The van der Waals surface area contributed by atoms with E-state index in [1.165, 1.54) is 22.0 Å². The monoisotopic (exact) mass is 118 g/mol. The van der Waals surface area contributed by atoms with Crippen LogP contribution in [-0.4, -0.2) is 9.56 Å². The van der Waals surface area contributed by atoms with Gasteiger partial charge in [0.2, 0.25) is 0 Å². The average Bonchev–Trinajstić information content (AvgIpc) is 1.86. The third-order valence-electron chi connectivity index (χ3n) is 0.723. The van der Waals surface area contributed by atoms with E-state index in [-0.39, 0.29) is 0 Å². The molecule has 0 N–H and O–H groups in total. The van der Waals surface area contributed by atoms with Crippen molar-refractivity contribution in [2.45, 2.75) is 12.8 Å². The summed E-state index contributed by atoms with van der Waals surface area (Å²) in [4.78, 5) is 0. The van der Waals surface area contributed by atoms with Crippen LogP contribution < -0.4 is 0 Å². The van der Waals surface area contributed by atoms with Gasteiger partial charge in [-0.2, -0.15) is 11.4 Å². The van der Waals surface area contributed by atoms with Crippen molar-refractivity contribution in [2.24, 2.45) is 0 Å². The highest BCUT2D eigenvalue weighted by Gasteiger charge is 1.93. The second-order valence-electron chi connectivity index (χ2n) is 1.24. The maximum Gasteiger partial charge on any atom is 0.0397 e. The molecule has 0 saturated carbocycles. The molecule has 0 aromatic carbocycles. The molecular formula is C4H6S2. The highest BCUT2D eigenvalue weighted by Crippen LogP contribution is 2.07. The minimum absolute atomic E-state index is 1.15. The fourth-order valence-electron chi connectivity index (χ4n) is 0.419. The molecule has 0 unspecified atom stereocenters. The maximum atomic E-state index is 4.88. The molecule has 0 aromatic heterocycles. The molecule has 0 nitrogen and oxygen atoms in total. The molecule has 0 amide bonds. The highest BCUT2D eigenvalue weighted by atomic mass is 32.2. The van der Waals surface area contributed by atoms with Crippen molar-refractivity contribution in [1.82, 2.24) is 0 Å². The zero-order valence-corrected chi connectivity index (χ0v) is 5.06. The van der Waals surface area contributed by atoms with Crippen LogP contribution in [0.5, 0.6) is 0 Å². The lowest BCUT2D eigenvalue weighted by Gasteiger charge is -1.75. The van der Waals surface area contributed by atoms with Crippen LogP contribution in [0, 0.1) is 0 Å². The van der Waals surface area contributed by atoms with Crippen LogP contribution >= 0.6 is 23.6 Å². The second kappa shape index (κ2) is 1.85. The summed E-state index contributed by atoms with van der Waals surface area (Å²) >= 11 is 6.17. The Morgan fingerprint density at radius 3 is 2.83 bits per heavy atom. The zero-order chi connectivity index (χ0) is 4.41. The Kier molecular flexibility index (Phi) is 1.37. The minimum Gasteiger partial charge on any atom is -0.167 e. The largest absolute Gasteiger partial charge is 0.167 e. The third-order valence-corrected chi connectivity index (χ3v) is 2.20. The molecule has 1 rings (SSSR count). The van der Waals surface area contributed by atoms with Gasteiger partial charge in [0.15, 0.2) is 0 Å². The van der Waals surface area contributed by atoms with Gasteiger partial charge in [-0.15, -0.1) is 0 Å². The lowest BCUT2D eigenvalue weighted by Crippen LogP contribution is -1.71. The van der Waals surface area contributed by atoms with E-state index in [0.29, 0.717) is 0 Å². The van der Waals surface area contributed by atoms with Crippen molar-refractivity contribution < 1.29 is 0 Å². The van der Waals surface area contributed by atoms with E-state index in [9.17, 15) is 0 Å². The summed E-state index contributed by atoms with van der Waals surface area (Å²) in [6, 6.07) is 0. The fourth-order valence-corrected chi connectivity index (χ4v) is 1.48. The summed E-state index contributed by atoms with van der Waals surface area (Å²) in [6.45, 7) is 0. The Hall–Kier alpha value is 0.310. The second-order valence-corrected chi connectivity index (χ2v) is 3.20. The normalized spacial score (nSPS) is 21.0. The number of hydrogen-bond acceptors (Lipinski definition) is 1. The van der Waals surface area contributed by atoms with Gasteiger partial charge in [0.25, 0.3) is 0 Å². The molecule has 1 aliphatic heterocycles. The average molecular weight is 118 g/mol. The standard InChI is InChI=1S/C4H6S2/c5-4-2-1-3-6-4/h3,6H,1-2H2. The number of thiocarbonyl (C=S) groups is 1. The first-order chi connectivity index (χ1) is 2.89. The molecule has 2 heteroatoms. The molecule has 6 heavy (non-hydrogen) atoms. The molecule has 0 atom stereocenters. The molecule has 0 radical (unpaired) electrons. The molecule has 0 aliphatic carbocycles. The summed E-state index contributed by atoms with van der Waals surface area (Å²) in [5, 5.41) is 2.21. The van der Waals surface area contributed by atoms with Crippen LogP contribution in [-0.2, 0) is 0 Å². The van der Waals surface area contributed by atoms with Crippen molar-refractivity contribution in [1.29, 1.82) is 0 Å². The topological polar surface area (TPSA) is 0 Å². The van der Waals surface area contributed by atoms with E-state index >= 15 is 0 Å². The summed E-state index contributed by atoms with van der Waals surface area (Å²) in [5.41, 5.74) is 0. The van der Waals surface area contributed by atoms with Gasteiger partial charge in [0.1, 0.15) is 0 Å². The van der Waals surface area contributed by atoms with E-state index in [4.69, 9.17) is 12.2 Å². The first kappa shape index (κ1) is 4.47. The predicted octanol–water partition coefficient (Wildman–Crippen LogP) is 1.38. The lowest BCUT2D eigenvalue weighted by atomic mass is 10.4. The van der Waals surface area contributed by atoms with Crippen LogP contribution in [0.3, 0.4) is 0 Å². The molecule has 0 bridgehead atoms. The van der Waals surface area contributed by atoms with E-state index in [2.05, 4.69) is 5.37 Å². The lowest BCUT2D eigenvalue weighted by molar-refractivity contribution is 1.23. The quantitative estimate of drug-likeness (QED) is 0.370. The van der Waals surface area contributed by atoms with Crippen LogP contribution in [0.25, 0.3) is 0 Å². The highest BCUT2D eigenvalue weighted by molar-refractivity contribution is 8.21. The van der Waals surface area contributed by atoms with Crippen LogP contribution in [0.2, 0.25) is 0 Å². The van der Waals surface area contributed by atoms with E-state index in [1.54, 1.807) is 0 Å². The summed E-state index contributed by atoms with van der Waals surface area (Å²) in [6.07, 6.45) is 2.36. The Morgan fingerprint density at radius 2 is 2.67 bits per heavy atom. The Balaban J connectivity index is 2.59. The number of rotatable bonds is 0. The van der Waals surface area contributed by atoms with Gasteiger partial charge in [0, 0.05) is 4.20 Å². The van der Waals surface area contributed by atoms with E-state index < -0.39 is 0 Å². The molecule has 0 spiro atoms. The number of hydrogen-bond donors (Lipinski definition) is 1. The Bertz CT molecular complexity index is 93.7. The molecule has 1 heterocycles. The van der Waals surface area contributed by atoms with Crippen LogP contribution in [0.4, 0.5) is 0 Å². The SMILES string of the molecule is S=C1CCC=[SH]1. The number of thiol groups is 1. The van der Waals surface area contributed by atoms with Crippen molar-refractivity contribution in [3.63, 3.8) is 0 Å². The van der Waals surface area contributed by atoms with Crippen molar-refractivity contribution in [2.75, 3.05) is 0 Å². The Labute approximate surface area is 46.5 Å². The predicted molar refractivity (Wildman–Crippen MR) is 36.9 cm³/mol. The van der Waals surface area contributed by atoms with Crippen LogP contribution in [0.15, 0.2) is 0 Å². The van der Waals surface area contributed by atoms with Gasteiger partial charge in [0.05, 0.1) is 0 Å². The molecule has 0 fully saturated rings. The minimum atomic E-state index is 1.15.